The van der Waals surface area contributed by atoms with E-state index in [1.54, 1.807) is 6.07 Å². The molecule has 5 heteroatoms. The van der Waals surface area contributed by atoms with E-state index in [1.165, 1.54) is 24.4 Å². The summed E-state index contributed by atoms with van der Waals surface area (Å²) >= 11 is 0. The molecule has 0 radical (unpaired) electrons. The Labute approximate surface area is 140 Å². The van der Waals surface area contributed by atoms with Crippen molar-refractivity contribution in [3.05, 3.63) is 70.7 Å². The van der Waals surface area contributed by atoms with Crippen molar-refractivity contribution in [2.75, 3.05) is 10.6 Å². The molecule has 0 saturated heterocycles. The lowest BCUT2D eigenvalue weighted by Crippen LogP contribution is -2.16. The third kappa shape index (κ3) is 4.20. The van der Waals surface area contributed by atoms with Crippen LogP contribution in [0.25, 0.3) is 0 Å². The maximum atomic E-state index is 13.1. The van der Waals surface area contributed by atoms with Gasteiger partial charge in [-0.2, -0.15) is 5.26 Å². The van der Waals surface area contributed by atoms with Gasteiger partial charge in [-0.1, -0.05) is 23.8 Å². The van der Waals surface area contributed by atoms with E-state index in [4.69, 9.17) is 0 Å². The Morgan fingerprint density at radius 2 is 1.83 bits per heavy atom. The number of aryl methyl sites for hydroxylation is 3. The summed E-state index contributed by atoms with van der Waals surface area (Å²) in [6, 6.07) is 11.5. The Morgan fingerprint density at radius 1 is 1.17 bits per heavy atom. The highest BCUT2D eigenvalue weighted by Crippen LogP contribution is 2.22. The van der Waals surface area contributed by atoms with Gasteiger partial charge in [-0.15, -0.1) is 0 Å². The van der Waals surface area contributed by atoms with E-state index in [-0.39, 0.29) is 5.57 Å². The van der Waals surface area contributed by atoms with Gasteiger partial charge in [0.05, 0.1) is 0 Å². The molecule has 0 aliphatic rings. The number of carbonyl (C=O) groups is 1. The summed E-state index contributed by atoms with van der Waals surface area (Å²) in [5, 5.41) is 14.7. The van der Waals surface area contributed by atoms with Crippen LogP contribution in [0.15, 0.2) is 48.2 Å². The molecular formula is C19H18FN3O. The number of benzene rings is 2. The van der Waals surface area contributed by atoms with Crippen LogP contribution in [0.2, 0.25) is 0 Å². The Morgan fingerprint density at radius 3 is 2.42 bits per heavy atom. The van der Waals surface area contributed by atoms with E-state index in [0.29, 0.717) is 11.4 Å². The number of nitriles is 1. The third-order valence-corrected chi connectivity index (χ3v) is 3.49. The molecule has 0 saturated carbocycles. The van der Waals surface area contributed by atoms with Gasteiger partial charge >= 0.3 is 0 Å². The van der Waals surface area contributed by atoms with Crippen LogP contribution in [-0.4, -0.2) is 5.91 Å². The fourth-order valence-corrected chi connectivity index (χ4v) is 2.44. The standard InChI is InChI=1S/C19H18FN3O/c1-12-7-13(2)18(14(3)8-12)23-19(24)15(10-21)11-22-17-6-4-5-16(20)9-17/h4-9,11,22H,1-3H3,(H,23,24)/b15-11-. The fraction of sp³-hybridized carbons (Fsp3) is 0.158. The van der Waals surface area contributed by atoms with Crippen molar-refractivity contribution in [2.45, 2.75) is 20.8 Å². The number of carbonyl (C=O) groups excluding carboxylic acids is 1. The number of anilines is 2. The number of rotatable bonds is 4. The molecule has 0 aromatic heterocycles. The SMILES string of the molecule is Cc1cc(C)c(NC(=O)/C(C#N)=C\Nc2cccc(F)c2)c(C)c1. The normalized spacial score (nSPS) is 10.9. The van der Waals surface area contributed by atoms with E-state index in [2.05, 4.69) is 10.6 Å². The van der Waals surface area contributed by atoms with E-state index in [1.807, 2.05) is 39.0 Å². The summed E-state index contributed by atoms with van der Waals surface area (Å²) in [7, 11) is 0. The highest BCUT2D eigenvalue weighted by Gasteiger charge is 2.12. The van der Waals surface area contributed by atoms with Crippen molar-refractivity contribution in [2.24, 2.45) is 0 Å². The van der Waals surface area contributed by atoms with Crippen LogP contribution < -0.4 is 10.6 Å². The van der Waals surface area contributed by atoms with Crippen molar-refractivity contribution >= 4 is 17.3 Å². The van der Waals surface area contributed by atoms with Gasteiger partial charge in [-0.05, 0) is 50.1 Å². The number of amides is 1. The van der Waals surface area contributed by atoms with E-state index in [9.17, 15) is 14.4 Å². The van der Waals surface area contributed by atoms with Crippen molar-refractivity contribution in [3.8, 4) is 6.07 Å². The minimum atomic E-state index is -0.517. The Hall–Kier alpha value is -3.13. The summed E-state index contributed by atoms with van der Waals surface area (Å²) in [5.74, 6) is -0.918. The molecule has 24 heavy (non-hydrogen) atoms. The second-order valence-electron chi connectivity index (χ2n) is 5.55. The summed E-state index contributed by atoms with van der Waals surface area (Å²) in [4.78, 5) is 12.3. The Kier molecular flexibility index (Phi) is 5.33. The highest BCUT2D eigenvalue weighted by atomic mass is 19.1. The van der Waals surface area contributed by atoms with Crippen LogP contribution in [0, 0.1) is 37.9 Å². The molecule has 0 atom stereocenters. The predicted molar refractivity (Wildman–Crippen MR) is 93.0 cm³/mol. The lowest BCUT2D eigenvalue weighted by atomic mass is 10.0. The molecule has 0 heterocycles. The number of nitrogens with zero attached hydrogens (tertiary/aromatic N) is 1. The van der Waals surface area contributed by atoms with Gasteiger partial charge in [0.25, 0.3) is 5.91 Å². The van der Waals surface area contributed by atoms with Crippen molar-refractivity contribution < 1.29 is 9.18 Å². The lowest BCUT2D eigenvalue weighted by Gasteiger charge is -2.12. The number of nitrogens with one attached hydrogen (secondary N) is 2. The second kappa shape index (κ2) is 7.42. The first-order chi connectivity index (χ1) is 11.4. The first-order valence-corrected chi connectivity index (χ1v) is 7.42. The minimum Gasteiger partial charge on any atom is -0.360 e. The van der Waals surface area contributed by atoms with Gasteiger partial charge in [0.1, 0.15) is 17.5 Å². The molecule has 0 aliphatic carbocycles. The Bertz CT molecular complexity index is 827. The molecule has 2 rings (SSSR count). The molecule has 2 aromatic carbocycles. The zero-order valence-corrected chi connectivity index (χ0v) is 13.8. The van der Waals surface area contributed by atoms with Gasteiger partial charge in [0.2, 0.25) is 0 Å². The lowest BCUT2D eigenvalue weighted by molar-refractivity contribution is -0.112. The molecule has 122 valence electrons. The number of hydrogen-bond donors (Lipinski definition) is 2. The fourth-order valence-electron chi connectivity index (χ4n) is 2.44. The van der Waals surface area contributed by atoms with Gasteiger partial charge in [-0.3, -0.25) is 4.79 Å². The monoisotopic (exact) mass is 323 g/mol. The van der Waals surface area contributed by atoms with Gasteiger partial charge in [0.15, 0.2) is 0 Å². The molecule has 2 aromatic rings. The molecule has 0 fully saturated rings. The topological polar surface area (TPSA) is 64.9 Å². The zero-order chi connectivity index (χ0) is 17.7. The average Bonchev–Trinajstić information content (AvgIpc) is 2.51. The first kappa shape index (κ1) is 17.2. The second-order valence-corrected chi connectivity index (χ2v) is 5.55. The summed E-state index contributed by atoms with van der Waals surface area (Å²) in [6.07, 6.45) is 1.27. The molecule has 0 unspecified atom stereocenters. The van der Waals surface area contributed by atoms with Gasteiger partial charge in [0, 0.05) is 17.6 Å². The van der Waals surface area contributed by atoms with Crippen molar-refractivity contribution in [1.29, 1.82) is 5.26 Å². The Balaban J connectivity index is 2.18. The highest BCUT2D eigenvalue weighted by molar-refractivity contribution is 6.07. The van der Waals surface area contributed by atoms with Crippen LogP contribution in [0.3, 0.4) is 0 Å². The van der Waals surface area contributed by atoms with E-state index >= 15 is 0 Å². The molecule has 0 spiro atoms. The molecule has 2 N–H and O–H groups in total. The third-order valence-electron chi connectivity index (χ3n) is 3.49. The summed E-state index contributed by atoms with van der Waals surface area (Å²) < 4.78 is 13.1. The molecule has 0 aliphatic heterocycles. The minimum absolute atomic E-state index is 0.0985. The maximum absolute atomic E-state index is 13.1. The van der Waals surface area contributed by atoms with Crippen molar-refractivity contribution in [3.63, 3.8) is 0 Å². The van der Waals surface area contributed by atoms with Crippen molar-refractivity contribution in [1.82, 2.24) is 0 Å². The van der Waals surface area contributed by atoms with Crippen LogP contribution in [0.5, 0.6) is 0 Å². The molecule has 4 nitrogen and oxygen atoms in total. The summed E-state index contributed by atoms with van der Waals surface area (Å²) in [6.45, 7) is 5.78. The quantitative estimate of drug-likeness (QED) is 0.654. The van der Waals surface area contributed by atoms with Crippen LogP contribution in [0.4, 0.5) is 15.8 Å². The predicted octanol–water partition coefficient (Wildman–Crippen LogP) is 4.21. The molecule has 1 amide bonds. The number of halogens is 1. The van der Waals surface area contributed by atoms with E-state index < -0.39 is 11.7 Å². The number of hydrogen-bond acceptors (Lipinski definition) is 3. The largest absolute Gasteiger partial charge is 0.360 e. The molecule has 0 bridgehead atoms. The van der Waals surface area contributed by atoms with Gasteiger partial charge < -0.3 is 10.6 Å². The van der Waals surface area contributed by atoms with Crippen LogP contribution in [-0.2, 0) is 4.79 Å². The maximum Gasteiger partial charge on any atom is 0.267 e. The average molecular weight is 323 g/mol. The van der Waals surface area contributed by atoms with E-state index in [0.717, 1.165) is 16.7 Å². The first-order valence-electron chi connectivity index (χ1n) is 7.42. The van der Waals surface area contributed by atoms with Gasteiger partial charge in [-0.25, -0.2) is 4.39 Å². The smallest absolute Gasteiger partial charge is 0.267 e. The van der Waals surface area contributed by atoms with Crippen LogP contribution >= 0.6 is 0 Å². The summed E-state index contributed by atoms with van der Waals surface area (Å²) in [5.41, 5.74) is 4.01. The zero-order valence-electron chi connectivity index (χ0n) is 13.8. The van der Waals surface area contributed by atoms with Crippen LogP contribution in [0.1, 0.15) is 16.7 Å². The molecular weight excluding hydrogens is 305 g/mol.